The number of hydrogen-bond donors (Lipinski definition) is 0. The summed E-state index contributed by atoms with van der Waals surface area (Å²) < 4.78 is 0. The van der Waals surface area contributed by atoms with E-state index in [4.69, 9.17) is 0 Å². The van der Waals surface area contributed by atoms with E-state index in [1.54, 1.807) is 0 Å². The van der Waals surface area contributed by atoms with E-state index >= 15 is 0 Å². The van der Waals surface area contributed by atoms with Crippen LogP contribution in [0.15, 0.2) is 24.3 Å². The van der Waals surface area contributed by atoms with Crippen molar-refractivity contribution < 1.29 is 0 Å². The summed E-state index contributed by atoms with van der Waals surface area (Å²) in [6.07, 6.45) is 5.45. The van der Waals surface area contributed by atoms with Gasteiger partial charge in [-0.3, -0.25) is 0 Å². The lowest BCUT2D eigenvalue weighted by Gasteiger charge is -2.19. The minimum absolute atomic E-state index is 0.320. The highest BCUT2D eigenvalue weighted by Crippen LogP contribution is 2.25. The Morgan fingerprint density at radius 2 is 1.92 bits per heavy atom. The predicted molar refractivity (Wildman–Crippen MR) is 57.2 cm³/mol. The molecular formula is C12H22. The first-order valence-corrected chi connectivity index (χ1v) is 4.67. The van der Waals surface area contributed by atoms with Gasteiger partial charge in [0, 0.05) is 0 Å². The summed E-state index contributed by atoms with van der Waals surface area (Å²) in [5.74, 6) is 0.599. The van der Waals surface area contributed by atoms with Crippen molar-refractivity contribution in [2.75, 3.05) is 0 Å². The van der Waals surface area contributed by atoms with Crippen LogP contribution in [0.25, 0.3) is 0 Å². The molecule has 0 rings (SSSR count). The summed E-state index contributed by atoms with van der Waals surface area (Å²) in [5.41, 5.74) is 1.79. The molecule has 0 spiro atoms. The molecule has 70 valence electrons. The molecule has 0 bridgehead atoms. The summed E-state index contributed by atoms with van der Waals surface area (Å²) >= 11 is 0. The van der Waals surface area contributed by atoms with Crippen molar-refractivity contribution in [3.05, 3.63) is 24.3 Å². The van der Waals surface area contributed by atoms with E-state index in [0.29, 0.717) is 11.3 Å². The lowest BCUT2D eigenvalue weighted by molar-refractivity contribution is 0.499. The van der Waals surface area contributed by atoms with Crippen LogP contribution < -0.4 is 0 Å². The molecule has 0 aliphatic rings. The predicted octanol–water partition coefficient (Wildman–Crippen LogP) is 4.19. The van der Waals surface area contributed by atoms with Crippen LogP contribution in [0.3, 0.4) is 0 Å². The summed E-state index contributed by atoms with van der Waals surface area (Å²) in [5, 5.41) is 0. The summed E-state index contributed by atoms with van der Waals surface area (Å²) in [7, 11) is 0. The lowest BCUT2D eigenvalue weighted by Crippen LogP contribution is -2.06. The average Bonchev–Trinajstić information content (AvgIpc) is 1.97. The fourth-order valence-electron chi connectivity index (χ4n) is 0.765. The van der Waals surface area contributed by atoms with Gasteiger partial charge < -0.3 is 0 Å². The van der Waals surface area contributed by atoms with Crippen LogP contribution in [0.2, 0.25) is 0 Å². The third-order valence-corrected chi connectivity index (χ3v) is 2.38. The molecule has 0 heterocycles. The van der Waals surface area contributed by atoms with E-state index in [0.717, 1.165) is 6.42 Å². The molecule has 0 aromatic carbocycles. The fourth-order valence-corrected chi connectivity index (χ4v) is 0.765. The number of rotatable bonds is 3. The molecule has 0 aliphatic heterocycles. The van der Waals surface area contributed by atoms with Crippen molar-refractivity contribution in [3.8, 4) is 0 Å². The van der Waals surface area contributed by atoms with E-state index in [9.17, 15) is 0 Å². The second-order valence-electron chi connectivity index (χ2n) is 4.59. The third-order valence-electron chi connectivity index (χ3n) is 2.38. The molecular weight excluding hydrogens is 144 g/mol. The van der Waals surface area contributed by atoms with Gasteiger partial charge in [-0.15, -0.1) is 6.58 Å². The van der Waals surface area contributed by atoms with Gasteiger partial charge in [-0.25, -0.2) is 0 Å². The van der Waals surface area contributed by atoms with Gasteiger partial charge in [-0.05, 0) is 24.7 Å². The van der Waals surface area contributed by atoms with Crippen molar-refractivity contribution in [3.63, 3.8) is 0 Å². The highest BCUT2D eigenvalue weighted by molar-refractivity contribution is 5.08. The summed E-state index contributed by atoms with van der Waals surface area (Å²) in [6.45, 7) is 14.9. The van der Waals surface area contributed by atoms with E-state index in [1.807, 2.05) is 6.08 Å². The number of hydrogen-bond acceptors (Lipinski definition) is 0. The molecule has 1 unspecified atom stereocenters. The van der Waals surface area contributed by atoms with Gasteiger partial charge in [-0.2, -0.15) is 0 Å². The topological polar surface area (TPSA) is 0 Å². The quantitative estimate of drug-likeness (QED) is 0.551. The maximum Gasteiger partial charge on any atom is -0.0176 e. The Bertz CT molecular complexity index is 167. The van der Waals surface area contributed by atoms with Crippen LogP contribution in [-0.2, 0) is 0 Å². The molecule has 0 amide bonds. The van der Waals surface area contributed by atoms with E-state index in [2.05, 4.69) is 47.3 Å². The van der Waals surface area contributed by atoms with Crippen molar-refractivity contribution >= 4 is 0 Å². The van der Waals surface area contributed by atoms with Crippen molar-refractivity contribution in [1.29, 1.82) is 0 Å². The molecule has 0 nitrogen and oxygen atoms in total. The first-order chi connectivity index (χ1) is 5.38. The molecule has 0 aromatic heterocycles. The molecule has 0 aliphatic carbocycles. The standard InChI is InChI=1S/C12H22/c1-7-10(2)8-9-11(3)12(4,5)6/h7,9-10H,1,8H2,2-6H3/b11-9+. The normalized spacial score (nSPS) is 15.9. The molecule has 0 aromatic rings. The minimum Gasteiger partial charge on any atom is -0.103 e. The van der Waals surface area contributed by atoms with Crippen molar-refractivity contribution in [2.24, 2.45) is 11.3 Å². The SMILES string of the molecule is C=CC(C)C/C=C(\C)C(C)(C)C. The van der Waals surface area contributed by atoms with Gasteiger partial charge in [0.25, 0.3) is 0 Å². The number of allylic oxidation sites excluding steroid dienone is 3. The smallest absolute Gasteiger partial charge is 0.0176 e. The Hall–Kier alpha value is -0.520. The first kappa shape index (κ1) is 11.5. The maximum absolute atomic E-state index is 3.77. The van der Waals surface area contributed by atoms with Crippen molar-refractivity contribution in [1.82, 2.24) is 0 Å². The van der Waals surface area contributed by atoms with Crippen LogP contribution in [-0.4, -0.2) is 0 Å². The van der Waals surface area contributed by atoms with Gasteiger partial charge in [0.15, 0.2) is 0 Å². The van der Waals surface area contributed by atoms with Crippen LogP contribution in [0.5, 0.6) is 0 Å². The fraction of sp³-hybridized carbons (Fsp3) is 0.667. The van der Waals surface area contributed by atoms with Gasteiger partial charge in [0.2, 0.25) is 0 Å². The molecule has 12 heavy (non-hydrogen) atoms. The molecule has 0 fully saturated rings. The molecule has 1 atom stereocenters. The second-order valence-corrected chi connectivity index (χ2v) is 4.59. The largest absolute Gasteiger partial charge is 0.103 e. The first-order valence-electron chi connectivity index (χ1n) is 4.67. The van der Waals surface area contributed by atoms with Crippen LogP contribution in [0, 0.1) is 11.3 Å². The second kappa shape index (κ2) is 4.49. The molecule has 0 saturated carbocycles. The van der Waals surface area contributed by atoms with Crippen LogP contribution >= 0.6 is 0 Å². The Morgan fingerprint density at radius 1 is 1.42 bits per heavy atom. The van der Waals surface area contributed by atoms with E-state index < -0.39 is 0 Å². The zero-order valence-corrected chi connectivity index (χ0v) is 9.15. The Morgan fingerprint density at radius 3 is 2.25 bits per heavy atom. The van der Waals surface area contributed by atoms with Gasteiger partial charge >= 0.3 is 0 Å². The van der Waals surface area contributed by atoms with Crippen LogP contribution in [0.4, 0.5) is 0 Å². The van der Waals surface area contributed by atoms with E-state index in [-0.39, 0.29) is 0 Å². The van der Waals surface area contributed by atoms with E-state index in [1.165, 1.54) is 5.57 Å². The highest BCUT2D eigenvalue weighted by Gasteiger charge is 2.11. The van der Waals surface area contributed by atoms with Crippen molar-refractivity contribution in [2.45, 2.75) is 41.0 Å². The molecule has 0 radical (unpaired) electrons. The van der Waals surface area contributed by atoms with Gasteiger partial charge in [-0.1, -0.05) is 45.4 Å². The Kier molecular flexibility index (Phi) is 4.30. The molecule has 0 saturated heterocycles. The van der Waals surface area contributed by atoms with Gasteiger partial charge in [0.05, 0.1) is 0 Å². The monoisotopic (exact) mass is 166 g/mol. The lowest BCUT2D eigenvalue weighted by atomic mass is 9.86. The maximum atomic E-state index is 3.77. The highest BCUT2D eigenvalue weighted by atomic mass is 14.2. The molecule has 0 heteroatoms. The summed E-state index contributed by atoms with van der Waals surface area (Å²) in [4.78, 5) is 0. The Balaban J connectivity index is 4.10. The van der Waals surface area contributed by atoms with Crippen LogP contribution in [0.1, 0.15) is 41.0 Å². The zero-order chi connectivity index (χ0) is 9.78. The third kappa shape index (κ3) is 4.38. The average molecular weight is 166 g/mol. The Labute approximate surface area is 77.4 Å². The summed E-state index contributed by atoms with van der Waals surface area (Å²) in [6, 6.07) is 0. The minimum atomic E-state index is 0.320. The zero-order valence-electron chi connectivity index (χ0n) is 9.15. The van der Waals surface area contributed by atoms with Gasteiger partial charge in [0.1, 0.15) is 0 Å². The molecule has 0 N–H and O–H groups in total.